The van der Waals surface area contributed by atoms with Gasteiger partial charge in [-0.15, -0.1) is 0 Å². The van der Waals surface area contributed by atoms with Crippen molar-refractivity contribution < 1.29 is 4.74 Å². The van der Waals surface area contributed by atoms with Crippen molar-refractivity contribution in [3.8, 4) is 0 Å². The molecule has 0 bridgehead atoms. The fourth-order valence-corrected chi connectivity index (χ4v) is 1.20. The second kappa shape index (κ2) is 1.22. The summed E-state index contributed by atoms with van der Waals surface area (Å²) in [5, 5.41) is 0. The van der Waals surface area contributed by atoms with Gasteiger partial charge >= 0.3 is 0 Å². The maximum absolute atomic E-state index is 5.25. The van der Waals surface area contributed by atoms with E-state index in [1.165, 1.54) is 19.3 Å². The lowest BCUT2D eigenvalue weighted by Crippen LogP contribution is -2.00. The zero-order valence-electron chi connectivity index (χ0n) is 4.26. The molecule has 1 saturated heterocycles. The molecule has 0 spiro atoms. The maximum Gasteiger partial charge on any atom is 0.0844 e. The van der Waals surface area contributed by atoms with Gasteiger partial charge in [-0.05, 0) is 25.7 Å². The van der Waals surface area contributed by atoms with Crippen molar-refractivity contribution in [1.29, 1.82) is 0 Å². The molecule has 1 nitrogen and oxygen atoms in total. The van der Waals surface area contributed by atoms with Gasteiger partial charge in [0.2, 0.25) is 0 Å². The summed E-state index contributed by atoms with van der Waals surface area (Å²) in [7, 11) is 0. The minimum atomic E-state index is 0.647. The van der Waals surface area contributed by atoms with E-state index in [1.807, 2.05) is 0 Å². The third-order valence-electron chi connectivity index (χ3n) is 1.74. The van der Waals surface area contributed by atoms with Crippen LogP contribution in [0.5, 0.6) is 0 Å². The first-order valence-electron chi connectivity index (χ1n) is 2.94. The lowest BCUT2D eigenvalue weighted by Gasteiger charge is -2.00. The molecule has 39 valence electrons. The lowest BCUT2D eigenvalue weighted by molar-refractivity contribution is 0.374. The Hall–Kier alpha value is -0.0400. The van der Waals surface area contributed by atoms with Gasteiger partial charge < -0.3 is 4.74 Å². The molecule has 2 fully saturated rings. The summed E-state index contributed by atoms with van der Waals surface area (Å²) in [6.07, 6.45) is 7.42. The summed E-state index contributed by atoms with van der Waals surface area (Å²) in [4.78, 5) is 0. The van der Waals surface area contributed by atoms with Crippen molar-refractivity contribution in [2.75, 3.05) is 0 Å². The standard InChI is InChI=1S/C6H9O/c1-2-4-6-5(3-1)7-6/h1,5-6H,2-4H2/t5?,6-/m0/s1. The normalized spacial score (nSPS) is 48.0. The molecule has 0 N–H and O–H groups in total. The zero-order chi connectivity index (χ0) is 4.69. The largest absolute Gasteiger partial charge is 0.370 e. The Bertz CT molecular complexity index is 70.2. The molecule has 2 aliphatic rings. The molecular weight excluding hydrogens is 88.1 g/mol. The van der Waals surface area contributed by atoms with Gasteiger partial charge in [-0.3, -0.25) is 0 Å². The molecule has 0 aromatic heterocycles. The molecule has 1 aliphatic heterocycles. The van der Waals surface area contributed by atoms with Crippen LogP contribution in [0.3, 0.4) is 0 Å². The second-order valence-corrected chi connectivity index (χ2v) is 2.31. The number of ether oxygens (including phenoxy) is 1. The van der Waals surface area contributed by atoms with Gasteiger partial charge in [-0.1, -0.05) is 0 Å². The molecular formula is C6H9O. The predicted molar refractivity (Wildman–Crippen MR) is 26.8 cm³/mol. The molecule has 2 atom stereocenters. The Morgan fingerprint density at radius 1 is 1.43 bits per heavy atom. The Labute approximate surface area is 43.7 Å². The van der Waals surface area contributed by atoms with Crippen LogP contribution < -0.4 is 0 Å². The van der Waals surface area contributed by atoms with Crippen LogP contribution in [0.4, 0.5) is 0 Å². The van der Waals surface area contributed by atoms with Crippen LogP contribution in [0.1, 0.15) is 19.3 Å². The minimum absolute atomic E-state index is 0.647. The van der Waals surface area contributed by atoms with Crippen LogP contribution in [0.2, 0.25) is 0 Å². The van der Waals surface area contributed by atoms with Gasteiger partial charge in [0, 0.05) is 0 Å². The number of hydrogen-bond acceptors (Lipinski definition) is 1. The Morgan fingerprint density at radius 3 is 3.00 bits per heavy atom. The van der Waals surface area contributed by atoms with Crippen LogP contribution in [-0.4, -0.2) is 12.2 Å². The Balaban J connectivity index is 1.95. The van der Waals surface area contributed by atoms with Crippen LogP contribution in [-0.2, 0) is 4.74 Å². The average molecular weight is 97.1 g/mol. The molecule has 1 aliphatic carbocycles. The zero-order valence-corrected chi connectivity index (χ0v) is 4.26. The van der Waals surface area contributed by atoms with Crippen LogP contribution >= 0.6 is 0 Å². The molecule has 0 aromatic rings. The fraction of sp³-hybridized carbons (Fsp3) is 0.833. The first-order chi connectivity index (χ1) is 3.47. The number of epoxide rings is 1. The van der Waals surface area contributed by atoms with E-state index in [0.29, 0.717) is 12.2 Å². The quantitative estimate of drug-likeness (QED) is 0.413. The molecule has 2 rings (SSSR count). The summed E-state index contributed by atoms with van der Waals surface area (Å²) >= 11 is 0. The third kappa shape index (κ3) is 0.556. The highest BCUT2D eigenvalue weighted by Gasteiger charge is 2.39. The summed E-state index contributed by atoms with van der Waals surface area (Å²) < 4.78 is 5.25. The van der Waals surface area contributed by atoms with E-state index in [0.717, 1.165) is 0 Å². The highest BCUT2D eigenvalue weighted by molar-refractivity contribution is 4.94. The Kier molecular flexibility index (Phi) is 0.680. The van der Waals surface area contributed by atoms with E-state index in [4.69, 9.17) is 4.74 Å². The van der Waals surface area contributed by atoms with E-state index in [9.17, 15) is 0 Å². The monoisotopic (exact) mass is 97.1 g/mol. The van der Waals surface area contributed by atoms with Crippen molar-refractivity contribution in [2.45, 2.75) is 31.5 Å². The van der Waals surface area contributed by atoms with Gasteiger partial charge in [0.1, 0.15) is 0 Å². The Morgan fingerprint density at radius 2 is 2.43 bits per heavy atom. The highest BCUT2D eigenvalue weighted by Crippen LogP contribution is 2.35. The van der Waals surface area contributed by atoms with Crippen LogP contribution in [0, 0.1) is 6.42 Å². The highest BCUT2D eigenvalue weighted by atomic mass is 16.6. The van der Waals surface area contributed by atoms with Crippen LogP contribution in [0.25, 0.3) is 0 Å². The summed E-state index contributed by atoms with van der Waals surface area (Å²) in [6, 6.07) is 0. The SMILES string of the molecule is [CH]1CC[C@@H]2OC2C1. The van der Waals surface area contributed by atoms with Crippen molar-refractivity contribution in [2.24, 2.45) is 0 Å². The molecule has 0 amide bonds. The van der Waals surface area contributed by atoms with Crippen LogP contribution in [0.15, 0.2) is 0 Å². The molecule has 1 unspecified atom stereocenters. The minimum Gasteiger partial charge on any atom is -0.370 e. The maximum atomic E-state index is 5.25. The van der Waals surface area contributed by atoms with Crippen molar-refractivity contribution in [1.82, 2.24) is 0 Å². The first kappa shape index (κ1) is 3.90. The second-order valence-electron chi connectivity index (χ2n) is 2.31. The summed E-state index contributed by atoms with van der Waals surface area (Å²) in [5.41, 5.74) is 0. The van der Waals surface area contributed by atoms with E-state index in [2.05, 4.69) is 6.42 Å². The van der Waals surface area contributed by atoms with Gasteiger partial charge in [0.25, 0.3) is 0 Å². The van der Waals surface area contributed by atoms with E-state index in [1.54, 1.807) is 0 Å². The molecule has 1 saturated carbocycles. The first-order valence-corrected chi connectivity index (χ1v) is 2.94. The van der Waals surface area contributed by atoms with Crippen molar-refractivity contribution >= 4 is 0 Å². The van der Waals surface area contributed by atoms with Crippen molar-refractivity contribution in [3.05, 3.63) is 6.42 Å². The lowest BCUT2D eigenvalue weighted by atomic mass is 10.0. The number of fused-ring (bicyclic) bond motifs is 1. The van der Waals surface area contributed by atoms with E-state index >= 15 is 0 Å². The van der Waals surface area contributed by atoms with Crippen molar-refractivity contribution in [3.63, 3.8) is 0 Å². The molecule has 0 aromatic carbocycles. The average Bonchev–Trinajstić information content (AvgIpc) is 2.41. The van der Waals surface area contributed by atoms with Gasteiger partial charge in [0.05, 0.1) is 12.2 Å². The topological polar surface area (TPSA) is 12.5 Å². The van der Waals surface area contributed by atoms with E-state index < -0.39 is 0 Å². The summed E-state index contributed by atoms with van der Waals surface area (Å²) in [5.74, 6) is 0. The molecule has 1 heterocycles. The predicted octanol–water partition coefficient (Wildman–Crippen LogP) is 1.14. The fourth-order valence-electron chi connectivity index (χ4n) is 1.20. The van der Waals surface area contributed by atoms with Gasteiger partial charge in [-0.2, -0.15) is 0 Å². The van der Waals surface area contributed by atoms with Gasteiger partial charge in [-0.25, -0.2) is 0 Å². The molecule has 1 heteroatoms. The number of hydrogen-bond donors (Lipinski definition) is 0. The van der Waals surface area contributed by atoms with E-state index in [-0.39, 0.29) is 0 Å². The third-order valence-corrected chi connectivity index (χ3v) is 1.74. The smallest absolute Gasteiger partial charge is 0.0844 e. The van der Waals surface area contributed by atoms with Gasteiger partial charge in [0.15, 0.2) is 0 Å². The number of rotatable bonds is 0. The molecule has 7 heavy (non-hydrogen) atoms. The molecule has 1 radical (unpaired) electrons. The summed E-state index contributed by atoms with van der Waals surface area (Å²) in [6.45, 7) is 0.